The molecule has 146 valence electrons. The first-order valence-corrected chi connectivity index (χ1v) is 9.98. The molecule has 1 fully saturated rings. The summed E-state index contributed by atoms with van der Waals surface area (Å²) in [5.41, 5.74) is 9.80. The Kier molecular flexibility index (Phi) is 4.01. The number of benzene rings is 2. The molecule has 1 aliphatic carbocycles. The van der Waals surface area contributed by atoms with Gasteiger partial charge >= 0.3 is 0 Å². The molecule has 2 heterocycles. The Morgan fingerprint density at radius 2 is 2.03 bits per heavy atom. The zero-order valence-corrected chi connectivity index (χ0v) is 16.5. The van der Waals surface area contributed by atoms with Crippen molar-refractivity contribution in [3.8, 4) is 11.1 Å². The molecular weight excluding hydrogens is 362 g/mol. The number of anilines is 1. The van der Waals surface area contributed by atoms with E-state index >= 15 is 0 Å². The van der Waals surface area contributed by atoms with Crippen molar-refractivity contribution in [2.24, 2.45) is 0 Å². The highest BCUT2D eigenvalue weighted by molar-refractivity contribution is 6.09. The van der Waals surface area contributed by atoms with Crippen LogP contribution in [0, 0.1) is 0 Å². The molecule has 3 N–H and O–H groups in total. The van der Waals surface area contributed by atoms with Crippen molar-refractivity contribution in [1.29, 1.82) is 0 Å². The maximum atomic E-state index is 12.6. The highest BCUT2D eigenvalue weighted by Crippen LogP contribution is 2.36. The molecule has 0 bridgehead atoms. The van der Waals surface area contributed by atoms with Gasteiger partial charge in [-0.2, -0.15) is 0 Å². The third-order valence-corrected chi connectivity index (χ3v) is 5.54. The van der Waals surface area contributed by atoms with Gasteiger partial charge in [0.2, 0.25) is 0 Å². The second-order valence-electron chi connectivity index (χ2n) is 7.99. The Morgan fingerprint density at radius 1 is 1.21 bits per heavy atom. The average molecular weight is 385 g/mol. The van der Waals surface area contributed by atoms with E-state index < -0.39 is 0 Å². The number of nitrogens with one attached hydrogen (secondary N) is 1. The fourth-order valence-electron chi connectivity index (χ4n) is 3.86. The number of nitrogen functional groups attached to an aromatic ring is 1. The zero-order chi connectivity index (χ0) is 20.1. The zero-order valence-electron chi connectivity index (χ0n) is 16.5. The van der Waals surface area contributed by atoms with Crippen molar-refractivity contribution in [2.45, 2.75) is 38.8 Å². The molecule has 0 spiro atoms. The van der Waals surface area contributed by atoms with Gasteiger partial charge in [0, 0.05) is 29.4 Å². The van der Waals surface area contributed by atoms with Gasteiger partial charge < -0.3 is 15.6 Å². The molecular formula is C23H23N5O. The Morgan fingerprint density at radius 3 is 2.79 bits per heavy atom. The number of hydrogen-bond donors (Lipinski definition) is 2. The first kappa shape index (κ1) is 17.7. The van der Waals surface area contributed by atoms with Gasteiger partial charge in [0.15, 0.2) is 0 Å². The molecule has 1 amide bonds. The Hall–Kier alpha value is -3.41. The first-order chi connectivity index (χ1) is 14.0. The van der Waals surface area contributed by atoms with E-state index in [1.165, 1.54) is 6.33 Å². The average Bonchev–Trinajstić information content (AvgIpc) is 3.43. The van der Waals surface area contributed by atoms with Crippen LogP contribution in [0.1, 0.15) is 43.1 Å². The number of aromatic nitrogens is 3. The van der Waals surface area contributed by atoms with E-state index in [2.05, 4.69) is 46.0 Å². The van der Waals surface area contributed by atoms with Crippen LogP contribution in [0.2, 0.25) is 0 Å². The predicted molar refractivity (Wildman–Crippen MR) is 116 cm³/mol. The van der Waals surface area contributed by atoms with Crippen LogP contribution in [0.25, 0.3) is 32.9 Å². The van der Waals surface area contributed by atoms with Gasteiger partial charge in [-0.1, -0.05) is 24.3 Å². The predicted octanol–water partition coefficient (Wildman–Crippen LogP) is 4.31. The summed E-state index contributed by atoms with van der Waals surface area (Å²) in [5.74, 6) is 0.474. The molecule has 0 aliphatic heterocycles. The molecule has 2 aromatic carbocycles. The topological polar surface area (TPSA) is 85.8 Å². The van der Waals surface area contributed by atoms with Gasteiger partial charge in [0.1, 0.15) is 17.8 Å². The number of rotatable bonds is 4. The van der Waals surface area contributed by atoms with Crippen LogP contribution in [0.5, 0.6) is 0 Å². The summed E-state index contributed by atoms with van der Waals surface area (Å²) in [4.78, 5) is 21.3. The monoisotopic (exact) mass is 385 g/mol. The van der Waals surface area contributed by atoms with Gasteiger partial charge in [-0.15, -0.1) is 0 Å². The van der Waals surface area contributed by atoms with Crippen molar-refractivity contribution in [1.82, 2.24) is 19.9 Å². The summed E-state index contributed by atoms with van der Waals surface area (Å²) >= 11 is 0. The summed E-state index contributed by atoms with van der Waals surface area (Å²) in [6.45, 7) is 4.24. The van der Waals surface area contributed by atoms with Crippen LogP contribution in [0.15, 0.2) is 48.9 Å². The van der Waals surface area contributed by atoms with Crippen LogP contribution in [-0.2, 0) is 0 Å². The minimum atomic E-state index is -0.0000880. The third kappa shape index (κ3) is 3.01. The molecule has 0 atom stereocenters. The molecule has 0 radical (unpaired) electrons. The fourth-order valence-corrected chi connectivity index (χ4v) is 3.86. The van der Waals surface area contributed by atoms with E-state index in [-0.39, 0.29) is 11.9 Å². The van der Waals surface area contributed by atoms with E-state index in [4.69, 9.17) is 5.73 Å². The standard InChI is InChI=1S/C23H23N5O/c1-13(2)28-11-19(20-21(24)25-12-26-22(20)28)15-6-9-17-14(10-15)4-3-5-18(17)23(29)27-16-7-8-16/h3-6,9-13,16H,7-8H2,1-2H3,(H,27,29)(H2,24,25,26). The van der Waals surface area contributed by atoms with Crippen molar-refractivity contribution >= 4 is 33.5 Å². The number of nitrogens with zero attached hydrogens (tertiary/aromatic N) is 3. The van der Waals surface area contributed by atoms with Crippen LogP contribution >= 0.6 is 0 Å². The minimum absolute atomic E-state index is 0.0000880. The fraction of sp³-hybridized carbons (Fsp3) is 0.261. The minimum Gasteiger partial charge on any atom is -0.383 e. The van der Waals surface area contributed by atoms with E-state index in [9.17, 15) is 4.79 Å². The van der Waals surface area contributed by atoms with E-state index in [0.717, 1.165) is 45.8 Å². The number of carbonyl (C=O) groups excluding carboxylic acids is 1. The van der Waals surface area contributed by atoms with Crippen molar-refractivity contribution < 1.29 is 4.79 Å². The van der Waals surface area contributed by atoms with Gasteiger partial charge in [-0.05, 0) is 55.2 Å². The number of hydrogen-bond acceptors (Lipinski definition) is 4. The number of fused-ring (bicyclic) bond motifs is 2. The lowest BCUT2D eigenvalue weighted by molar-refractivity contribution is 0.0952. The second-order valence-corrected chi connectivity index (χ2v) is 7.99. The van der Waals surface area contributed by atoms with Gasteiger partial charge in [-0.25, -0.2) is 9.97 Å². The Labute approximate surface area is 168 Å². The van der Waals surface area contributed by atoms with Crippen molar-refractivity contribution in [2.75, 3.05) is 5.73 Å². The molecule has 6 nitrogen and oxygen atoms in total. The lowest BCUT2D eigenvalue weighted by Gasteiger charge is -2.09. The van der Waals surface area contributed by atoms with E-state index in [0.29, 0.717) is 17.4 Å². The summed E-state index contributed by atoms with van der Waals surface area (Å²) in [7, 11) is 0. The maximum Gasteiger partial charge on any atom is 0.252 e. The Bertz CT molecular complexity index is 1250. The van der Waals surface area contributed by atoms with Gasteiger partial charge in [0.05, 0.1) is 5.39 Å². The highest BCUT2D eigenvalue weighted by Gasteiger charge is 2.24. The SMILES string of the molecule is CC(C)n1cc(-c2ccc3c(C(=O)NC4CC4)cccc3c2)c2c(N)ncnc21. The molecule has 5 rings (SSSR count). The summed E-state index contributed by atoms with van der Waals surface area (Å²) < 4.78 is 2.12. The molecule has 4 aromatic rings. The largest absolute Gasteiger partial charge is 0.383 e. The maximum absolute atomic E-state index is 12.6. The van der Waals surface area contributed by atoms with E-state index in [1.807, 2.05) is 30.3 Å². The van der Waals surface area contributed by atoms with Crippen molar-refractivity contribution in [3.05, 3.63) is 54.5 Å². The molecule has 2 aromatic heterocycles. The molecule has 1 aliphatic rings. The summed E-state index contributed by atoms with van der Waals surface area (Å²) in [5, 5.41) is 5.92. The summed E-state index contributed by atoms with van der Waals surface area (Å²) in [6, 6.07) is 12.6. The molecule has 0 unspecified atom stereocenters. The van der Waals surface area contributed by atoms with Crippen molar-refractivity contribution in [3.63, 3.8) is 0 Å². The van der Waals surface area contributed by atoms with Crippen LogP contribution < -0.4 is 11.1 Å². The van der Waals surface area contributed by atoms with Crippen LogP contribution in [0.4, 0.5) is 5.82 Å². The summed E-state index contributed by atoms with van der Waals surface area (Å²) in [6.07, 6.45) is 5.74. The first-order valence-electron chi connectivity index (χ1n) is 9.98. The van der Waals surface area contributed by atoms with Crippen LogP contribution in [-0.4, -0.2) is 26.5 Å². The second kappa shape index (κ2) is 6.58. The lowest BCUT2D eigenvalue weighted by Crippen LogP contribution is -2.25. The molecule has 0 saturated heterocycles. The highest BCUT2D eigenvalue weighted by atomic mass is 16.1. The van der Waals surface area contributed by atoms with Gasteiger partial charge in [-0.3, -0.25) is 4.79 Å². The Balaban J connectivity index is 1.66. The quantitative estimate of drug-likeness (QED) is 0.548. The number of nitrogens with two attached hydrogens (primary N) is 1. The van der Waals surface area contributed by atoms with E-state index in [1.54, 1.807) is 0 Å². The smallest absolute Gasteiger partial charge is 0.252 e. The third-order valence-electron chi connectivity index (χ3n) is 5.54. The number of amides is 1. The lowest BCUT2D eigenvalue weighted by atomic mass is 9.98. The number of carbonyl (C=O) groups is 1. The molecule has 1 saturated carbocycles. The molecule has 29 heavy (non-hydrogen) atoms. The normalized spacial score (nSPS) is 14.0. The molecule has 6 heteroatoms. The van der Waals surface area contributed by atoms with Crippen LogP contribution in [0.3, 0.4) is 0 Å². The van der Waals surface area contributed by atoms with Gasteiger partial charge in [0.25, 0.3) is 5.91 Å².